The lowest BCUT2D eigenvalue weighted by molar-refractivity contribution is -0.129. The number of carbonyl (C=O) groups excluding carboxylic acids is 1. The van der Waals surface area contributed by atoms with E-state index in [-0.39, 0.29) is 17.9 Å². The van der Waals surface area contributed by atoms with E-state index in [2.05, 4.69) is 65.1 Å². The summed E-state index contributed by atoms with van der Waals surface area (Å²) < 4.78 is 11.6. The molecule has 0 radical (unpaired) electrons. The van der Waals surface area contributed by atoms with Crippen molar-refractivity contribution < 1.29 is 19.4 Å². The van der Waals surface area contributed by atoms with Gasteiger partial charge in [0, 0.05) is 53.0 Å². The largest absolute Gasteiger partial charge is 0.511 e. The highest BCUT2D eigenvalue weighted by Crippen LogP contribution is 2.46. The van der Waals surface area contributed by atoms with E-state index in [9.17, 15) is 9.90 Å². The Bertz CT molecular complexity index is 1740. The third-order valence-corrected chi connectivity index (χ3v) is 10.5. The van der Waals surface area contributed by atoms with Crippen molar-refractivity contribution in [3.8, 4) is 0 Å². The second-order valence-corrected chi connectivity index (χ2v) is 13.4. The molecule has 248 valence electrons. The molecule has 8 bridgehead atoms. The molecule has 1 saturated heterocycles. The fraction of sp³-hybridized carbons (Fsp3) is 0.487. The number of ether oxygens (including phenoxy) is 2. The van der Waals surface area contributed by atoms with Crippen molar-refractivity contribution in [2.24, 2.45) is 26.8 Å². The summed E-state index contributed by atoms with van der Waals surface area (Å²) in [4.78, 5) is 26.6. The fourth-order valence-corrected chi connectivity index (χ4v) is 7.75. The molecule has 6 aliphatic rings. The van der Waals surface area contributed by atoms with Crippen LogP contribution in [-0.2, 0) is 14.3 Å². The molecule has 1 unspecified atom stereocenters. The first-order chi connectivity index (χ1) is 22.7. The van der Waals surface area contributed by atoms with E-state index < -0.39 is 0 Å². The summed E-state index contributed by atoms with van der Waals surface area (Å²) >= 11 is 0. The van der Waals surface area contributed by atoms with Crippen molar-refractivity contribution in [3.63, 3.8) is 0 Å². The van der Waals surface area contributed by atoms with E-state index in [1.54, 1.807) is 0 Å². The van der Waals surface area contributed by atoms with Crippen LogP contribution in [0.5, 0.6) is 0 Å². The Kier molecular flexibility index (Phi) is 9.51. The highest BCUT2D eigenvalue weighted by atomic mass is 16.5. The zero-order valence-corrected chi connectivity index (χ0v) is 28.9. The lowest BCUT2D eigenvalue weighted by atomic mass is 9.87. The molecule has 0 amide bonds. The Labute approximate surface area is 278 Å². The molecule has 1 fully saturated rings. The van der Waals surface area contributed by atoms with Crippen LogP contribution in [-0.4, -0.2) is 48.0 Å². The van der Waals surface area contributed by atoms with Gasteiger partial charge in [-0.15, -0.1) is 0 Å². The number of hydrogen-bond acceptors (Lipinski definition) is 8. The smallest absolute Gasteiger partial charge is 0.293 e. The predicted octanol–water partition coefficient (Wildman–Crippen LogP) is 8.21. The van der Waals surface area contributed by atoms with Crippen LogP contribution in [0.2, 0.25) is 0 Å². The van der Waals surface area contributed by atoms with E-state index in [1.165, 1.54) is 24.8 Å². The van der Waals surface area contributed by atoms with Crippen LogP contribution in [0, 0.1) is 11.8 Å². The van der Waals surface area contributed by atoms with E-state index in [4.69, 9.17) is 24.5 Å². The molecule has 0 aromatic heterocycles. The Morgan fingerprint density at radius 2 is 1.74 bits per heavy atom. The maximum absolute atomic E-state index is 11.3. The first-order valence-corrected chi connectivity index (χ1v) is 17.3. The zero-order chi connectivity index (χ0) is 33.4. The van der Waals surface area contributed by atoms with Crippen LogP contribution in [0.15, 0.2) is 106 Å². The van der Waals surface area contributed by atoms with Gasteiger partial charge in [-0.25, -0.2) is 15.0 Å². The summed E-state index contributed by atoms with van der Waals surface area (Å²) in [5, 5.41) is 15.0. The Morgan fingerprint density at radius 3 is 2.49 bits per heavy atom. The zero-order valence-electron chi connectivity index (χ0n) is 28.9. The monoisotopic (exact) mass is 636 g/mol. The van der Waals surface area contributed by atoms with Crippen molar-refractivity contribution in [1.82, 2.24) is 5.32 Å². The Hall–Kier alpha value is -4.04. The van der Waals surface area contributed by atoms with Gasteiger partial charge in [0.15, 0.2) is 0 Å². The predicted molar refractivity (Wildman–Crippen MR) is 188 cm³/mol. The van der Waals surface area contributed by atoms with Gasteiger partial charge < -0.3 is 19.9 Å². The van der Waals surface area contributed by atoms with Gasteiger partial charge in [-0.2, -0.15) is 0 Å². The first kappa shape index (κ1) is 32.9. The number of aliphatic hydroxyl groups excluding tert-OH is 1. The maximum atomic E-state index is 11.3. The molecule has 1 aliphatic carbocycles. The van der Waals surface area contributed by atoms with Crippen LogP contribution < -0.4 is 5.32 Å². The minimum atomic E-state index is -0.124. The lowest BCUT2D eigenvalue weighted by Crippen LogP contribution is -2.16. The second-order valence-electron chi connectivity index (χ2n) is 13.4. The molecule has 5 aliphatic heterocycles. The van der Waals surface area contributed by atoms with Crippen molar-refractivity contribution in [2.75, 3.05) is 13.2 Å². The lowest BCUT2D eigenvalue weighted by Gasteiger charge is -2.17. The third-order valence-electron chi connectivity index (χ3n) is 10.5. The normalized spacial score (nSPS) is 24.1. The van der Waals surface area contributed by atoms with Gasteiger partial charge in [0.05, 0.1) is 46.9 Å². The Balaban J connectivity index is 1.51. The van der Waals surface area contributed by atoms with Gasteiger partial charge in [0.1, 0.15) is 5.76 Å². The molecule has 0 aromatic carbocycles. The number of aliphatic hydroxyl groups is 1. The van der Waals surface area contributed by atoms with Gasteiger partial charge in [0.2, 0.25) is 0 Å². The number of hydrogen-bond donors (Lipinski definition) is 2. The number of aliphatic imine (C=N–C) groups is 3. The summed E-state index contributed by atoms with van der Waals surface area (Å²) in [5.74, 6) is 0.490. The standard InChI is InChI=1S/C39H48N4O4/c1-8-10-11-12-14-47-25(7)36-23(5)31-17-30-22(4)27(13-15-46-20-44)38(42-30)28-16-35(45)37-24(6)32(43-39(28)37)18-33-26(9-2)21(3)29(40-33)19-34(36)41-31/h17-20,22,25,27,42,45H,8-16H2,1-7H3/t22-,25?,27-/m0/s1. The van der Waals surface area contributed by atoms with Crippen molar-refractivity contribution in [1.29, 1.82) is 0 Å². The fourth-order valence-electron chi connectivity index (χ4n) is 7.75. The van der Waals surface area contributed by atoms with Crippen LogP contribution in [0.1, 0.15) is 93.4 Å². The van der Waals surface area contributed by atoms with Gasteiger partial charge in [-0.1, -0.05) is 40.0 Å². The molecule has 47 heavy (non-hydrogen) atoms. The van der Waals surface area contributed by atoms with E-state index in [0.717, 1.165) is 91.9 Å². The average Bonchev–Trinajstić information content (AvgIpc) is 3.80. The summed E-state index contributed by atoms with van der Waals surface area (Å²) in [6.07, 6.45) is 12.8. The highest BCUT2D eigenvalue weighted by Gasteiger charge is 2.41. The summed E-state index contributed by atoms with van der Waals surface area (Å²) in [6.45, 7) is 16.6. The first-order valence-electron chi connectivity index (χ1n) is 17.3. The summed E-state index contributed by atoms with van der Waals surface area (Å²) in [6, 6.07) is 0. The van der Waals surface area contributed by atoms with Crippen LogP contribution >= 0.6 is 0 Å². The van der Waals surface area contributed by atoms with Crippen molar-refractivity contribution >= 4 is 23.6 Å². The van der Waals surface area contributed by atoms with Gasteiger partial charge >= 0.3 is 0 Å². The quantitative estimate of drug-likeness (QED) is 0.166. The summed E-state index contributed by atoms with van der Waals surface area (Å²) in [5.41, 5.74) is 14.6. The third kappa shape index (κ3) is 5.97. The van der Waals surface area contributed by atoms with Crippen LogP contribution in [0.3, 0.4) is 0 Å². The van der Waals surface area contributed by atoms with Crippen molar-refractivity contribution in [2.45, 2.75) is 99.5 Å². The molecular formula is C39H48N4O4. The van der Waals surface area contributed by atoms with Gasteiger partial charge in [-0.3, -0.25) is 4.79 Å². The van der Waals surface area contributed by atoms with E-state index >= 15 is 0 Å². The van der Waals surface area contributed by atoms with Crippen LogP contribution in [0.25, 0.3) is 0 Å². The second kappa shape index (κ2) is 13.6. The topological polar surface area (TPSA) is 105 Å². The van der Waals surface area contributed by atoms with E-state index in [0.29, 0.717) is 38.3 Å². The van der Waals surface area contributed by atoms with Crippen LogP contribution in [0.4, 0.5) is 0 Å². The molecule has 3 atom stereocenters. The number of carbonyl (C=O) groups is 1. The van der Waals surface area contributed by atoms with Gasteiger partial charge in [0.25, 0.3) is 6.47 Å². The molecular weight excluding hydrogens is 588 g/mol. The molecule has 2 N–H and O–H groups in total. The average molecular weight is 637 g/mol. The highest BCUT2D eigenvalue weighted by molar-refractivity contribution is 6.21. The minimum Gasteiger partial charge on any atom is -0.511 e. The van der Waals surface area contributed by atoms with Gasteiger partial charge in [-0.05, 0) is 87.5 Å². The molecule has 8 heteroatoms. The van der Waals surface area contributed by atoms with E-state index in [1.807, 2.05) is 6.92 Å². The molecule has 8 nitrogen and oxygen atoms in total. The van der Waals surface area contributed by atoms with Crippen molar-refractivity contribution in [3.05, 3.63) is 91.5 Å². The SMILES string of the molecule is CCCCCCOC(C)C1=C(C)C2=NC1=CC1=NC(=CC3=C(C)C4=C(O)CC(=C5NC(=C2)[C@@H](C)[C@@H]5CCOC=O)C4=N3)C(CC)=C1C. The molecule has 0 spiro atoms. The number of allylic oxidation sites excluding steroid dienone is 11. The number of rotatable bonds is 12. The maximum Gasteiger partial charge on any atom is 0.293 e. The number of nitrogens with zero attached hydrogens (tertiary/aromatic N) is 3. The molecule has 6 rings (SSSR count). The summed E-state index contributed by atoms with van der Waals surface area (Å²) in [7, 11) is 0. The molecule has 5 heterocycles. The number of nitrogens with one attached hydrogen (secondary N) is 1. The minimum absolute atomic E-state index is 0.0504. The Morgan fingerprint density at radius 1 is 0.979 bits per heavy atom. The number of fused-ring (bicyclic) bond motifs is 5. The molecule has 0 saturated carbocycles. The molecule has 0 aromatic rings. The number of unbranched alkanes of at least 4 members (excludes halogenated alkanes) is 3.